The second-order valence-electron chi connectivity index (χ2n) is 3.73. The zero-order chi connectivity index (χ0) is 12.4. The Morgan fingerprint density at radius 1 is 1.47 bits per heavy atom. The first kappa shape index (κ1) is 11.3. The van der Waals surface area contributed by atoms with Crippen LogP contribution in [0.3, 0.4) is 0 Å². The molecular weight excluding hydrogens is 223 g/mol. The highest BCUT2D eigenvalue weighted by molar-refractivity contribution is 5.71. The molecule has 0 fully saturated rings. The van der Waals surface area contributed by atoms with Gasteiger partial charge >= 0.3 is 5.97 Å². The molecule has 1 atom stereocenters. The van der Waals surface area contributed by atoms with Gasteiger partial charge in [0.05, 0.1) is 6.20 Å². The molecule has 0 bridgehead atoms. The first-order chi connectivity index (χ1) is 8.08. The van der Waals surface area contributed by atoms with Crippen LogP contribution in [0.2, 0.25) is 0 Å². The predicted octanol–water partition coefficient (Wildman–Crippen LogP) is 2.33. The van der Waals surface area contributed by atoms with E-state index < -0.39 is 12.0 Å². The number of benzene rings is 1. The average Bonchev–Trinajstić information content (AvgIpc) is 2.77. The van der Waals surface area contributed by atoms with Gasteiger partial charge in [0.1, 0.15) is 11.9 Å². The van der Waals surface area contributed by atoms with E-state index in [0.29, 0.717) is 11.1 Å². The number of aliphatic carboxylic acids is 1. The lowest BCUT2D eigenvalue weighted by molar-refractivity contribution is -0.140. The Labute approximate surface area is 97.3 Å². The van der Waals surface area contributed by atoms with Gasteiger partial charge in [-0.25, -0.2) is 9.18 Å². The van der Waals surface area contributed by atoms with E-state index in [9.17, 15) is 9.18 Å². The summed E-state index contributed by atoms with van der Waals surface area (Å²) in [5, 5.41) is 12.8. The standard InChI is InChI=1S/C12H11FN2O2/c1-8(12(16)17)15-7-10(6-14-15)9-3-2-4-11(13)5-9/h2-8H,1H3,(H,16,17). The lowest BCUT2D eigenvalue weighted by Gasteiger charge is -2.05. The lowest BCUT2D eigenvalue weighted by Crippen LogP contribution is -2.15. The van der Waals surface area contributed by atoms with Crippen molar-refractivity contribution in [2.24, 2.45) is 0 Å². The van der Waals surface area contributed by atoms with Crippen molar-refractivity contribution < 1.29 is 14.3 Å². The molecule has 0 spiro atoms. The quantitative estimate of drug-likeness (QED) is 0.886. The Morgan fingerprint density at radius 3 is 2.88 bits per heavy atom. The molecule has 0 saturated carbocycles. The van der Waals surface area contributed by atoms with Gasteiger partial charge in [-0.1, -0.05) is 12.1 Å². The van der Waals surface area contributed by atoms with Crippen molar-refractivity contribution in [3.63, 3.8) is 0 Å². The van der Waals surface area contributed by atoms with Gasteiger partial charge in [-0.15, -0.1) is 0 Å². The van der Waals surface area contributed by atoms with Gasteiger partial charge in [0, 0.05) is 11.8 Å². The first-order valence-electron chi connectivity index (χ1n) is 5.11. The zero-order valence-corrected chi connectivity index (χ0v) is 9.17. The molecule has 1 aromatic heterocycles. The highest BCUT2D eigenvalue weighted by atomic mass is 19.1. The van der Waals surface area contributed by atoms with E-state index in [1.165, 1.54) is 29.9 Å². The molecule has 0 radical (unpaired) electrons. The van der Waals surface area contributed by atoms with Crippen LogP contribution in [0.5, 0.6) is 0 Å². The molecule has 88 valence electrons. The maximum atomic E-state index is 13.0. The second kappa shape index (κ2) is 4.37. The van der Waals surface area contributed by atoms with Crippen LogP contribution in [0.25, 0.3) is 11.1 Å². The van der Waals surface area contributed by atoms with Crippen molar-refractivity contribution in [2.75, 3.05) is 0 Å². The minimum Gasteiger partial charge on any atom is -0.480 e. The summed E-state index contributed by atoms with van der Waals surface area (Å²) in [5.74, 6) is -1.29. The molecular formula is C12H11FN2O2. The number of aromatic nitrogens is 2. The lowest BCUT2D eigenvalue weighted by atomic mass is 10.1. The number of rotatable bonds is 3. The molecule has 1 N–H and O–H groups in total. The van der Waals surface area contributed by atoms with Crippen LogP contribution in [0.1, 0.15) is 13.0 Å². The number of hydrogen-bond acceptors (Lipinski definition) is 2. The van der Waals surface area contributed by atoms with Crippen molar-refractivity contribution >= 4 is 5.97 Å². The third kappa shape index (κ3) is 2.33. The Bertz CT molecular complexity index is 551. The van der Waals surface area contributed by atoms with Crippen LogP contribution < -0.4 is 0 Å². The van der Waals surface area contributed by atoms with Gasteiger partial charge in [-0.05, 0) is 24.6 Å². The number of hydrogen-bond donors (Lipinski definition) is 1. The molecule has 17 heavy (non-hydrogen) atoms. The molecule has 4 nitrogen and oxygen atoms in total. The number of carboxylic acids is 1. The summed E-state index contributed by atoms with van der Waals surface area (Å²) in [6.45, 7) is 1.53. The second-order valence-corrected chi connectivity index (χ2v) is 3.73. The molecule has 0 aliphatic rings. The molecule has 0 aliphatic carbocycles. The fourth-order valence-corrected chi connectivity index (χ4v) is 1.48. The van der Waals surface area contributed by atoms with Gasteiger partial charge in [-0.2, -0.15) is 5.10 Å². The van der Waals surface area contributed by atoms with Crippen LogP contribution in [0.15, 0.2) is 36.7 Å². The molecule has 1 aromatic carbocycles. The van der Waals surface area contributed by atoms with E-state index in [-0.39, 0.29) is 5.82 Å². The highest BCUT2D eigenvalue weighted by Gasteiger charge is 2.14. The minimum atomic E-state index is -0.959. The molecule has 2 aromatic rings. The van der Waals surface area contributed by atoms with E-state index in [1.807, 2.05) is 0 Å². The first-order valence-corrected chi connectivity index (χ1v) is 5.11. The number of nitrogens with zero attached hydrogens (tertiary/aromatic N) is 2. The Morgan fingerprint density at radius 2 is 2.24 bits per heavy atom. The van der Waals surface area contributed by atoms with E-state index in [1.54, 1.807) is 18.3 Å². The molecule has 5 heteroatoms. The number of halogens is 1. The van der Waals surface area contributed by atoms with E-state index >= 15 is 0 Å². The molecule has 1 heterocycles. The molecule has 0 amide bonds. The minimum absolute atomic E-state index is 0.332. The van der Waals surface area contributed by atoms with E-state index in [4.69, 9.17) is 5.11 Å². The fourth-order valence-electron chi connectivity index (χ4n) is 1.48. The topological polar surface area (TPSA) is 55.1 Å². The van der Waals surface area contributed by atoms with Crippen LogP contribution >= 0.6 is 0 Å². The molecule has 0 aliphatic heterocycles. The van der Waals surface area contributed by atoms with Crippen LogP contribution in [0, 0.1) is 5.82 Å². The van der Waals surface area contributed by atoms with E-state index in [0.717, 1.165) is 0 Å². The summed E-state index contributed by atoms with van der Waals surface area (Å²) in [7, 11) is 0. The van der Waals surface area contributed by atoms with Crippen LogP contribution in [-0.2, 0) is 4.79 Å². The molecule has 0 saturated heterocycles. The normalized spacial score (nSPS) is 12.4. The summed E-state index contributed by atoms with van der Waals surface area (Å²) in [6.07, 6.45) is 3.11. The van der Waals surface area contributed by atoms with Crippen molar-refractivity contribution in [1.82, 2.24) is 9.78 Å². The van der Waals surface area contributed by atoms with Crippen LogP contribution in [-0.4, -0.2) is 20.9 Å². The van der Waals surface area contributed by atoms with Gasteiger partial charge in [0.15, 0.2) is 0 Å². The van der Waals surface area contributed by atoms with Gasteiger partial charge in [0.2, 0.25) is 0 Å². The van der Waals surface area contributed by atoms with E-state index in [2.05, 4.69) is 5.10 Å². The fraction of sp³-hybridized carbons (Fsp3) is 0.167. The predicted molar refractivity (Wildman–Crippen MR) is 60.0 cm³/mol. The van der Waals surface area contributed by atoms with Gasteiger partial charge < -0.3 is 5.11 Å². The summed E-state index contributed by atoms with van der Waals surface area (Å²) in [5.41, 5.74) is 1.37. The highest BCUT2D eigenvalue weighted by Crippen LogP contribution is 2.20. The SMILES string of the molecule is CC(C(=O)O)n1cc(-c2cccc(F)c2)cn1. The number of carboxylic acid groups (broad SMARTS) is 1. The third-order valence-electron chi connectivity index (χ3n) is 2.51. The molecule has 1 unspecified atom stereocenters. The van der Waals surface area contributed by atoms with Crippen molar-refractivity contribution in [3.8, 4) is 11.1 Å². The summed E-state index contributed by atoms with van der Waals surface area (Å²) in [4.78, 5) is 10.8. The maximum absolute atomic E-state index is 13.0. The smallest absolute Gasteiger partial charge is 0.328 e. The van der Waals surface area contributed by atoms with Gasteiger partial charge in [-0.3, -0.25) is 4.68 Å². The summed E-state index contributed by atoms with van der Waals surface area (Å²) >= 11 is 0. The van der Waals surface area contributed by atoms with Crippen molar-refractivity contribution in [2.45, 2.75) is 13.0 Å². The Kier molecular flexibility index (Phi) is 2.91. The Hall–Kier alpha value is -2.17. The monoisotopic (exact) mass is 234 g/mol. The van der Waals surface area contributed by atoms with Gasteiger partial charge in [0.25, 0.3) is 0 Å². The average molecular weight is 234 g/mol. The third-order valence-corrected chi connectivity index (χ3v) is 2.51. The van der Waals surface area contributed by atoms with Crippen LogP contribution in [0.4, 0.5) is 4.39 Å². The summed E-state index contributed by atoms with van der Waals surface area (Å²) < 4.78 is 14.4. The largest absolute Gasteiger partial charge is 0.480 e. The zero-order valence-electron chi connectivity index (χ0n) is 9.17. The maximum Gasteiger partial charge on any atom is 0.328 e. The summed E-state index contributed by atoms with van der Waals surface area (Å²) in [6, 6.07) is 5.34. The number of carbonyl (C=O) groups is 1. The van der Waals surface area contributed by atoms with Crippen molar-refractivity contribution in [3.05, 3.63) is 42.5 Å². The Balaban J connectivity index is 2.33. The van der Waals surface area contributed by atoms with Crippen molar-refractivity contribution in [1.29, 1.82) is 0 Å². The molecule has 2 rings (SSSR count).